The van der Waals surface area contributed by atoms with Gasteiger partial charge < -0.3 is 15.0 Å². The van der Waals surface area contributed by atoms with Crippen LogP contribution in [0.5, 0.6) is 0 Å². The predicted octanol–water partition coefficient (Wildman–Crippen LogP) is 3.00. The van der Waals surface area contributed by atoms with Gasteiger partial charge in [-0.15, -0.1) is 0 Å². The molecule has 0 bridgehead atoms. The number of hydrogen-bond donors (Lipinski definition) is 1. The number of amides is 1. The maximum absolute atomic E-state index is 12.4. The number of morpholine rings is 1. The van der Waals surface area contributed by atoms with E-state index in [0.717, 1.165) is 0 Å². The smallest absolute Gasteiger partial charge is 0.272 e. The van der Waals surface area contributed by atoms with Crippen LogP contribution < -0.4 is 5.32 Å². The van der Waals surface area contributed by atoms with Crippen molar-refractivity contribution in [3.05, 3.63) is 46.2 Å². The minimum absolute atomic E-state index is 0.149. The van der Waals surface area contributed by atoms with E-state index in [1.54, 1.807) is 29.2 Å². The average molecular weight is 353 g/mol. The van der Waals surface area contributed by atoms with Gasteiger partial charge in [0.1, 0.15) is 5.69 Å². The molecule has 2 aromatic rings. The number of para-hydroxylation sites is 1. The predicted molar refractivity (Wildman–Crippen MR) is 88.5 cm³/mol. The molecule has 0 saturated carbocycles. The largest absolute Gasteiger partial charge is 0.378 e. The third-order valence-electron chi connectivity index (χ3n) is 3.37. The Morgan fingerprint density at radius 1 is 1.17 bits per heavy atom. The number of carbonyl (C=O) groups is 1. The van der Waals surface area contributed by atoms with Gasteiger partial charge in [0.05, 0.1) is 28.9 Å². The Labute approximate surface area is 143 Å². The molecule has 1 aliphatic rings. The van der Waals surface area contributed by atoms with Gasteiger partial charge in [0.25, 0.3) is 5.91 Å². The zero-order valence-corrected chi connectivity index (χ0v) is 13.6. The zero-order valence-electron chi connectivity index (χ0n) is 12.1. The molecule has 3 rings (SSSR count). The van der Waals surface area contributed by atoms with Gasteiger partial charge in [0.15, 0.2) is 0 Å². The summed E-state index contributed by atoms with van der Waals surface area (Å²) in [4.78, 5) is 22.5. The van der Waals surface area contributed by atoms with E-state index in [-0.39, 0.29) is 11.9 Å². The Kier molecular flexibility index (Phi) is 4.95. The van der Waals surface area contributed by atoms with Crippen LogP contribution in [-0.4, -0.2) is 47.1 Å². The van der Waals surface area contributed by atoms with Crippen LogP contribution in [0.25, 0.3) is 0 Å². The van der Waals surface area contributed by atoms with Crippen molar-refractivity contribution in [3.63, 3.8) is 0 Å². The lowest BCUT2D eigenvalue weighted by atomic mass is 10.3. The first kappa shape index (κ1) is 16.0. The summed E-state index contributed by atoms with van der Waals surface area (Å²) >= 11 is 12.2. The second kappa shape index (κ2) is 7.12. The summed E-state index contributed by atoms with van der Waals surface area (Å²) < 4.78 is 5.25. The Bertz CT molecular complexity index is 700. The molecular weight excluding hydrogens is 339 g/mol. The molecule has 1 aromatic carbocycles. The maximum Gasteiger partial charge on any atom is 0.272 e. The number of hydrogen-bond acceptors (Lipinski definition) is 5. The molecule has 1 aromatic heterocycles. The molecule has 6 nitrogen and oxygen atoms in total. The number of anilines is 2. The molecule has 23 heavy (non-hydrogen) atoms. The van der Waals surface area contributed by atoms with Crippen molar-refractivity contribution in [3.8, 4) is 0 Å². The molecule has 0 unspecified atom stereocenters. The number of rotatable bonds is 3. The molecule has 120 valence electrons. The van der Waals surface area contributed by atoms with E-state index in [2.05, 4.69) is 15.3 Å². The third kappa shape index (κ3) is 3.72. The second-order valence-electron chi connectivity index (χ2n) is 4.89. The minimum Gasteiger partial charge on any atom is -0.378 e. The number of ether oxygens (including phenoxy) is 1. The van der Waals surface area contributed by atoms with Gasteiger partial charge in [-0.2, -0.15) is 0 Å². The van der Waals surface area contributed by atoms with Crippen molar-refractivity contribution in [2.24, 2.45) is 0 Å². The van der Waals surface area contributed by atoms with Crippen LogP contribution in [0.3, 0.4) is 0 Å². The van der Waals surface area contributed by atoms with Crippen molar-refractivity contribution in [1.29, 1.82) is 0 Å². The number of halogens is 2. The fourth-order valence-corrected chi connectivity index (χ4v) is 2.69. The summed E-state index contributed by atoms with van der Waals surface area (Å²) in [6, 6.07) is 6.74. The van der Waals surface area contributed by atoms with Crippen molar-refractivity contribution in [1.82, 2.24) is 14.9 Å². The Morgan fingerprint density at radius 3 is 2.57 bits per heavy atom. The Morgan fingerprint density at radius 2 is 1.87 bits per heavy atom. The lowest BCUT2D eigenvalue weighted by Gasteiger charge is -2.26. The molecule has 0 aliphatic carbocycles. The molecular formula is C15H14Cl2N4O2. The van der Waals surface area contributed by atoms with Gasteiger partial charge in [0.2, 0.25) is 5.95 Å². The van der Waals surface area contributed by atoms with Crippen LogP contribution in [0, 0.1) is 0 Å². The summed E-state index contributed by atoms with van der Waals surface area (Å²) in [5.74, 6) is 0.114. The van der Waals surface area contributed by atoms with Crippen molar-refractivity contribution < 1.29 is 9.53 Å². The van der Waals surface area contributed by atoms with Crippen LogP contribution in [0.4, 0.5) is 11.6 Å². The number of aromatic nitrogens is 2. The zero-order chi connectivity index (χ0) is 16.2. The van der Waals surface area contributed by atoms with Crippen LogP contribution in [-0.2, 0) is 4.74 Å². The van der Waals surface area contributed by atoms with Crippen LogP contribution >= 0.6 is 23.2 Å². The number of nitrogens with zero attached hydrogens (tertiary/aromatic N) is 3. The lowest BCUT2D eigenvalue weighted by Crippen LogP contribution is -2.41. The van der Waals surface area contributed by atoms with Gasteiger partial charge in [-0.25, -0.2) is 9.97 Å². The van der Waals surface area contributed by atoms with E-state index in [9.17, 15) is 4.79 Å². The van der Waals surface area contributed by atoms with Gasteiger partial charge >= 0.3 is 0 Å². The quantitative estimate of drug-likeness (QED) is 0.919. The van der Waals surface area contributed by atoms with E-state index in [0.29, 0.717) is 47.7 Å². The molecule has 8 heteroatoms. The van der Waals surface area contributed by atoms with E-state index in [4.69, 9.17) is 27.9 Å². The molecule has 1 fully saturated rings. The molecule has 0 spiro atoms. The summed E-state index contributed by atoms with van der Waals surface area (Å²) in [6.45, 7) is 2.19. The summed E-state index contributed by atoms with van der Waals surface area (Å²) in [6.07, 6.45) is 1.52. The van der Waals surface area contributed by atoms with Crippen LogP contribution in [0.15, 0.2) is 30.5 Å². The molecule has 1 saturated heterocycles. The summed E-state index contributed by atoms with van der Waals surface area (Å²) in [5, 5.41) is 3.86. The number of nitrogens with one attached hydrogen (secondary N) is 1. The minimum atomic E-state index is -0.149. The molecule has 0 atom stereocenters. The van der Waals surface area contributed by atoms with Crippen molar-refractivity contribution in [2.75, 3.05) is 31.6 Å². The fourth-order valence-electron chi connectivity index (χ4n) is 2.20. The lowest BCUT2D eigenvalue weighted by molar-refractivity contribution is 0.0299. The highest BCUT2D eigenvalue weighted by atomic mass is 35.5. The van der Waals surface area contributed by atoms with Gasteiger partial charge in [-0.1, -0.05) is 29.3 Å². The van der Waals surface area contributed by atoms with Crippen molar-refractivity contribution in [2.45, 2.75) is 0 Å². The Hall–Kier alpha value is -1.89. The number of benzene rings is 1. The first-order chi connectivity index (χ1) is 11.1. The monoisotopic (exact) mass is 352 g/mol. The first-order valence-electron chi connectivity index (χ1n) is 7.06. The molecule has 0 radical (unpaired) electrons. The summed E-state index contributed by atoms with van der Waals surface area (Å²) in [5.41, 5.74) is 0.819. The second-order valence-corrected chi connectivity index (χ2v) is 5.71. The maximum atomic E-state index is 12.4. The van der Waals surface area contributed by atoms with Crippen molar-refractivity contribution >= 4 is 40.7 Å². The van der Waals surface area contributed by atoms with E-state index < -0.39 is 0 Å². The average Bonchev–Trinajstić information content (AvgIpc) is 2.59. The topological polar surface area (TPSA) is 67.4 Å². The normalized spacial score (nSPS) is 14.6. The number of carbonyl (C=O) groups excluding carboxylic acids is 1. The van der Waals surface area contributed by atoms with E-state index in [1.165, 1.54) is 6.20 Å². The standard InChI is InChI=1S/C15H14Cl2N4O2/c16-10-2-1-3-11(17)13(10)20-15-18-5-4-12(19-15)14(22)21-6-8-23-9-7-21/h1-5H,6-9H2,(H,18,19,20). The molecule has 1 N–H and O–H groups in total. The fraction of sp³-hybridized carbons (Fsp3) is 0.267. The van der Waals surface area contributed by atoms with Gasteiger partial charge in [-0.05, 0) is 18.2 Å². The molecule has 1 amide bonds. The van der Waals surface area contributed by atoms with E-state index in [1.807, 2.05) is 0 Å². The third-order valence-corrected chi connectivity index (χ3v) is 4.00. The van der Waals surface area contributed by atoms with E-state index >= 15 is 0 Å². The first-order valence-corrected chi connectivity index (χ1v) is 7.82. The highest BCUT2D eigenvalue weighted by Gasteiger charge is 2.20. The van der Waals surface area contributed by atoms with Crippen LogP contribution in [0.2, 0.25) is 10.0 Å². The van der Waals surface area contributed by atoms with Gasteiger partial charge in [-0.3, -0.25) is 4.79 Å². The highest BCUT2D eigenvalue weighted by molar-refractivity contribution is 6.39. The SMILES string of the molecule is O=C(c1ccnc(Nc2c(Cl)cccc2Cl)n1)N1CCOCC1. The molecule has 1 aliphatic heterocycles. The summed E-state index contributed by atoms with van der Waals surface area (Å²) in [7, 11) is 0. The highest BCUT2D eigenvalue weighted by Crippen LogP contribution is 2.31. The van der Waals surface area contributed by atoms with Gasteiger partial charge in [0, 0.05) is 19.3 Å². The molecule has 2 heterocycles. The van der Waals surface area contributed by atoms with Crippen LogP contribution in [0.1, 0.15) is 10.5 Å². The Balaban J connectivity index is 1.81.